The smallest absolute Gasteiger partial charge is 0.251 e. The highest BCUT2D eigenvalue weighted by Gasteiger charge is 2.43. The number of hydrogen-bond acceptors (Lipinski definition) is 6. The lowest BCUT2D eigenvalue weighted by molar-refractivity contribution is -0.123. The van der Waals surface area contributed by atoms with E-state index in [-0.39, 0.29) is 24.0 Å². The summed E-state index contributed by atoms with van der Waals surface area (Å²) in [7, 11) is 0. The molecule has 2 amide bonds. The number of benzene rings is 2. The minimum Gasteiger partial charge on any atom is -0.369 e. The van der Waals surface area contributed by atoms with Crippen LogP contribution in [0.15, 0.2) is 66.0 Å². The fraction of sp³-hybridized carbons (Fsp3) is 0.240. The van der Waals surface area contributed by atoms with Crippen molar-refractivity contribution in [3.63, 3.8) is 0 Å². The molecular weight excluding hydrogens is 458 g/mol. The molecule has 2 aliphatic heterocycles. The summed E-state index contributed by atoms with van der Waals surface area (Å²) < 4.78 is 0. The monoisotopic (exact) mass is 479 g/mol. The first-order chi connectivity index (χ1) is 16.0. The van der Waals surface area contributed by atoms with Crippen LogP contribution < -0.4 is 9.80 Å². The van der Waals surface area contributed by atoms with Gasteiger partial charge in [0.2, 0.25) is 11.7 Å². The SMILES string of the molecule is O=C(c1ccc(N2CCN([C@H]3CC(=O)N(c4ccc(Cl)cc4)C3=O)CC2)cc1)c1cccs1. The normalized spacial score (nSPS) is 19.4. The van der Waals surface area contributed by atoms with Gasteiger partial charge in [-0.1, -0.05) is 17.7 Å². The predicted molar refractivity (Wildman–Crippen MR) is 130 cm³/mol. The number of piperazine rings is 1. The Morgan fingerprint density at radius 2 is 1.55 bits per heavy atom. The van der Waals surface area contributed by atoms with Crippen LogP contribution in [-0.4, -0.2) is 54.7 Å². The molecule has 2 aromatic carbocycles. The third kappa shape index (κ3) is 4.31. The minimum atomic E-state index is -0.430. The van der Waals surface area contributed by atoms with E-state index in [2.05, 4.69) is 9.80 Å². The Balaban J connectivity index is 1.21. The number of thiophene rings is 1. The van der Waals surface area contributed by atoms with Gasteiger partial charge in [-0.05, 0) is 60.0 Å². The molecule has 3 aromatic rings. The molecule has 168 valence electrons. The number of carbonyl (C=O) groups is 3. The molecule has 5 rings (SSSR count). The Labute approximate surface area is 201 Å². The summed E-state index contributed by atoms with van der Waals surface area (Å²) in [5.74, 6) is -0.316. The average molecular weight is 480 g/mol. The first-order valence-corrected chi connectivity index (χ1v) is 12.1. The van der Waals surface area contributed by atoms with Gasteiger partial charge in [-0.3, -0.25) is 19.3 Å². The zero-order valence-corrected chi connectivity index (χ0v) is 19.4. The highest BCUT2D eigenvalue weighted by Crippen LogP contribution is 2.28. The van der Waals surface area contributed by atoms with Crippen LogP contribution in [0.3, 0.4) is 0 Å². The Morgan fingerprint density at radius 1 is 0.879 bits per heavy atom. The number of nitrogens with zero attached hydrogens (tertiary/aromatic N) is 3. The van der Waals surface area contributed by atoms with Crippen molar-refractivity contribution in [3.8, 4) is 0 Å². The van der Waals surface area contributed by atoms with Crippen LogP contribution in [0.4, 0.5) is 11.4 Å². The van der Waals surface area contributed by atoms with E-state index >= 15 is 0 Å². The summed E-state index contributed by atoms with van der Waals surface area (Å²) in [5, 5.41) is 2.47. The van der Waals surface area contributed by atoms with Gasteiger partial charge in [0.25, 0.3) is 5.91 Å². The zero-order chi connectivity index (χ0) is 22.9. The minimum absolute atomic E-state index is 0.0380. The van der Waals surface area contributed by atoms with Gasteiger partial charge < -0.3 is 4.90 Å². The van der Waals surface area contributed by atoms with Crippen LogP contribution in [-0.2, 0) is 9.59 Å². The van der Waals surface area contributed by atoms with Crippen molar-refractivity contribution in [2.75, 3.05) is 36.0 Å². The zero-order valence-electron chi connectivity index (χ0n) is 17.8. The van der Waals surface area contributed by atoms with Gasteiger partial charge >= 0.3 is 0 Å². The lowest BCUT2D eigenvalue weighted by Gasteiger charge is -2.38. The van der Waals surface area contributed by atoms with Gasteiger partial charge in [0.05, 0.1) is 23.0 Å². The first kappa shape index (κ1) is 21.8. The fourth-order valence-electron chi connectivity index (χ4n) is 4.43. The number of anilines is 2. The summed E-state index contributed by atoms with van der Waals surface area (Å²) in [6.45, 7) is 2.87. The number of ketones is 1. The van der Waals surface area contributed by atoms with Gasteiger partial charge in [0, 0.05) is 42.5 Å². The lowest BCUT2D eigenvalue weighted by atomic mass is 10.1. The molecular formula is C25H22ClN3O3S. The van der Waals surface area contributed by atoms with Gasteiger partial charge in [-0.2, -0.15) is 0 Å². The van der Waals surface area contributed by atoms with Crippen LogP contribution in [0.2, 0.25) is 5.02 Å². The average Bonchev–Trinajstić information content (AvgIpc) is 3.48. The second-order valence-corrected chi connectivity index (χ2v) is 9.52. The Hall–Kier alpha value is -3.00. The van der Waals surface area contributed by atoms with Crippen molar-refractivity contribution >= 4 is 51.9 Å². The van der Waals surface area contributed by atoms with Crippen LogP contribution >= 0.6 is 22.9 Å². The lowest BCUT2D eigenvalue weighted by Crippen LogP contribution is -2.52. The van der Waals surface area contributed by atoms with Gasteiger partial charge in [0.15, 0.2) is 0 Å². The maximum atomic E-state index is 13.0. The van der Waals surface area contributed by atoms with Gasteiger partial charge in [-0.15, -0.1) is 11.3 Å². The van der Waals surface area contributed by atoms with Crippen molar-refractivity contribution in [3.05, 3.63) is 81.5 Å². The fourth-order valence-corrected chi connectivity index (χ4v) is 5.24. The molecule has 33 heavy (non-hydrogen) atoms. The van der Waals surface area contributed by atoms with E-state index in [0.717, 1.165) is 23.7 Å². The largest absolute Gasteiger partial charge is 0.369 e. The Morgan fingerprint density at radius 3 is 2.18 bits per heavy atom. The molecule has 0 N–H and O–H groups in total. The molecule has 1 atom stereocenters. The van der Waals surface area contributed by atoms with Gasteiger partial charge in [0.1, 0.15) is 0 Å². The quantitative estimate of drug-likeness (QED) is 0.407. The standard InChI is InChI=1S/C25H22ClN3O3S/c26-18-5-9-20(10-6-18)29-23(30)16-21(25(29)32)28-13-11-27(12-14-28)19-7-3-17(4-8-19)24(31)22-2-1-15-33-22/h1-10,15,21H,11-14,16H2/t21-/m0/s1. The van der Waals surface area contributed by atoms with E-state index in [9.17, 15) is 14.4 Å². The summed E-state index contributed by atoms with van der Waals surface area (Å²) in [6, 6.07) is 17.7. The van der Waals surface area contributed by atoms with Crippen molar-refractivity contribution in [2.24, 2.45) is 0 Å². The molecule has 0 bridgehead atoms. The molecule has 0 unspecified atom stereocenters. The number of halogens is 1. The number of hydrogen-bond donors (Lipinski definition) is 0. The van der Waals surface area contributed by atoms with Crippen molar-refractivity contribution < 1.29 is 14.4 Å². The second-order valence-electron chi connectivity index (χ2n) is 8.14. The number of amides is 2. The van der Waals surface area contributed by atoms with E-state index in [0.29, 0.717) is 29.4 Å². The molecule has 0 saturated carbocycles. The van der Waals surface area contributed by atoms with Crippen LogP contribution in [0.5, 0.6) is 0 Å². The van der Waals surface area contributed by atoms with E-state index in [4.69, 9.17) is 11.6 Å². The molecule has 8 heteroatoms. The maximum Gasteiger partial charge on any atom is 0.251 e. The molecule has 2 aliphatic rings. The van der Waals surface area contributed by atoms with Crippen molar-refractivity contribution in [2.45, 2.75) is 12.5 Å². The number of imide groups is 1. The number of rotatable bonds is 5. The van der Waals surface area contributed by atoms with Crippen LogP contribution in [0.1, 0.15) is 21.7 Å². The molecule has 0 aliphatic carbocycles. The van der Waals surface area contributed by atoms with Gasteiger partial charge in [-0.25, -0.2) is 4.90 Å². The Bertz CT molecular complexity index is 1170. The van der Waals surface area contributed by atoms with E-state index in [1.54, 1.807) is 24.3 Å². The van der Waals surface area contributed by atoms with E-state index in [1.807, 2.05) is 41.8 Å². The third-order valence-corrected chi connectivity index (χ3v) is 7.32. The molecule has 0 spiro atoms. The van der Waals surface area contributed by atoms with E-state index < -0.39 is 6.04 Å². The summed E-state index contributed by atoms with van der Waals surface area (Å²) >= 11 is 7.38. The van der Waals surface area contributed by atoms with Crippen molar-refractivity contribution in [1.29, 1.82) is 0 Å². The molecule has 1 aromatic heterocycles. The third-order valence-electron chi connectivity index (χ3n) is 6.20. The predicted octanol–water partition coefficient (Wildman–Crippen LogP) is 4.09. The topological polar surface area (TPSA) is 60.9 Å². The molecule has 0 radical (unpaired) electrons. The second kappa shape index (κ2) is 9.09. The molecule has 3 heterocycles. The van der Waals surface area contributed by atoms with E-state index in [1.165, 1.54) is 16.2 Å². The maximum absolute atomic E-state index is 13.0. The number of carbonyl (C=O) groups excluding carboxylic acids is 3. The first-order valence-electron chi connectivity index (χ1n) is 10.8. The summed E-state index contributed by atoms with van der Waals surface area (Å²) in [4.78, 5) is 44.5. The Kier molecular flexibility index (Phi) is 6.01. The van der Waals surface area contributed by atoms with Crippen LogP contribution in [0, 0.1) is 0 Å². The van der Waals surface area contributed by atoms with Crippen molar-refractivity contribution in [1.82, 2.24) is 4.90 Å². The highest BCUT2D eigenvalue weighted by molar-refractivity contribution is 7.12. The highest BCUT2D eigenvalue weighted by atomic mass is 35.5. The molecule has 6 nitrogen and oxygen atoms in total. The van der Waals surface area contributed by atoms with Crippen LogP contribution in [0.25, 0.3) is 0 Å². The summed E-state index contributed by atoms with van der Waals surface area (Å²) in [5.41, 5.74) is 2.29. The molecule has 2 fully saturated rings. The summed E-state index contributed by atoms with van der Waals surface area (Å²) in [6.07, 6.45) is 0.195. The molecule has 2 saturated heterocycles.